The van der Waals surface area contributed by atoms with E-state index in [9.17, 15) is 0 Å². The molecule has 0 bridgehead atoms. The topological polar surface area (TPSA) is 68.0 Å². The Morgan fingerprint density at radius 1 is 0.629 bits per heavy atom. The Labute approximate surface area is 364 Å². The summed E-state index contributed by atoms with van der Waals surface area (Å²) in [5.74, 6) is 1.04. The van der Waals surface area contributed by atoms with E-state index >= 15 is 0 Å². The van der Waals surface area contributed by atoms with Gasteiger partial charge in [0, 0.05) is 33.2 Å². The van der Waals surface area contributed by atoms with E-state index in [1.54, 1.807) is 0 Å². The van der Waals surface area contributed by atoms with Crippen molar-refractivity contribution in [3.05, 3.63) is 216 Å². The van der Waals surface area contributed by atoms with Crippen LogP contribution in [0.5, 0.6) is 0 Å². The Hall–Kier alpha value is -7.37. The molecule has 0 amide bonds. The number of aromatic nitrogens is 2. The number of benzene rings is 6. The zero-order chi connectivity index (χ0) is 41.8. The molecule has 1 unspecified atom stereocenters. The predicted molar refractivity (Wildman–Crippen MR) is 260 cm³/mol. The maximum absolute atomic E-state index is 6.88. The minimum absolute atomic E-state index is 0.113. The number of nitrogens with zero attached hydrogens (tertiary/aromatic N) is 4. The first-order valence-electron chi connectivity index (χ1n) is 21.9. The quantitative estimate of drug-likeness (QED) is 0.117. The van der Waals surface area contributed by atoms with Crippen LogP contribution in [-0.2, 0) is 0 Å². The molecule has 10 rings (SSSR count). The van der Waals surface area contributed by atoms with Crippen LogP contribution in [0.2, 0.25) is 0 Å². The van der Waals surface area contributed by atoms with Crippen molar-refractivity contribution >= 4 is 39.1 Å². The first-order valence-corrected chi connectivity index (χ1v) is 21.9. The third-order valence-electron chi connectivity index (χ3n) is 12.3. The molecule has 5 heteroatoms. The fourth-order valence-corrected chi connectivity index (χ4v) is 9.11. The number of aliphatic imine (C=N–C) groups is 2. The normalized spacial score (nSPS) is 15.1. The summed E-state index contributed by atoms with van der Waals surface area (Å²) in [7, 11) is 0. The molecule has 2 heterocycles. The van der Waals surface area contributed by atoms with Crippen molar-refractivity contribution in [3.63, 3.8) is 0 Å². The highest BCUT2D eigenvalue weighted by Gasteiger charge is 2.22. The first-order chi connectivity index (χ1) is 30.6. The predicted octanol–water partition coefficient (Wildman–Crippen LogP) is 14.1. The van der Waals surface area contributed by atoms with Crippen molar-refractivity contribution in [2.75, 3.05) is 0 Å². The molecule has 0 fully saturated rings. The number of rotatable bonds is 9. The molecule has 1 atom stereocenters. The molecule has 2 N–H and O–H groups in total. The number of hydrogen-bond donors (Lipinski definition) is 1. The highest BCUT2D eigenvalue weighted by Crippen LogP contribution is 2.43. The summed E-state index contributed by atoms with van der Waals surface area (Å²) in [5, 5.41) is 7.50. The van der Waals surface area contributed by atoms with Crippen LogP contribution in [-0.4, -0.2) is 21.3 Å². The molecule has 0 saturated carbocycles. The number of hydrogen-bond acceptors (Lipinski definition) is 2. The van der Waals surface area contributed by atoms with Gasteiger partial charge in [-0.05, 0) is 102 Å². The zero-order valence-electron chi connectivity index (χ0n) is 35.1. The standard InChI is InChI=1S/C57H49N5/c1-39(46-26-16-27-47(36-46)40-18-6-2-7-19-40)60-57(45-24-12-5-13-25-45)61-56(58)49-29-17-28-48(37-49)41-32-34-43(35-33-41)53-50-30-14-15-31-51(50)55-52(42-20-8-3-9-21-42)38-59-62(55)54(53)44-22-10-4-11-23-44/h3-5,8,10-18,20,22-39H,2,6-7,9,19,21H2,1H3,(H2,58,60,61). The zero-order valence-corrected chi connectivity index (χ0v) is 35.1. The van der Waals surface area contributed by atoms with Crippen molar-refractivity contribution in [3.8, 4) is 33.5 Å². The van der Waals surface area contributed by atoms with E-state index in [0.717, 1.165) is 81.4 Å². The molecular formula is C57H49N5. The number of pyridine rings is 1. The number of fused-ring (bicyclic) bond motifs is 3. The molecular weight excluding hydrogens is 755 g/mol. The average Bonchev–Trinajstić information content (AvgIpc) is 3.80. The Morgan fingerprint density at radius 2 is 1.34 bits per heavy atom. The fourth-order valence-electron chi connectivity index (χ4n) is 9.11. The lowest BCUT2D eigenvalue weighted by Crippen LogP contribution is -2.17. The molecule has 0 saturated heterocycles. The van der Waals surface area contributed by atoms with E-state index in [4.69, 9.17) is 20.8 Å². The molecule has 6 aromatic carbocycles. The van der Waals surface area contributed by atoms with E-state index in [-0.39, 0.29) is 6.04 Å². The van der Waals surface area contributed by atoms with E-state index in [1.807, 2.05) is 36.4 Å². The minimum atomic E-state index is -0.113. The third kappa shape index (κ3) is 7.74. The van der Waals surface area contributed by atoms with Crippen LogP contribution in [0.15, 0.2) is 198 Å². The number of nitrogens with two attached hydrogens (primary N) is 1. The maximum Gasteiger partial charge on any atom is 0.157 e. The summed E-state index contributed by atoms with van der Waals surface area (Å²) >= 11 is 0. The van der Waals surface area contributed by atoms with Crippen LogP contribution in [0.25, 0.3) is 60.9 Å². The second-order valence-corrected chi connectivity index (χ2v) is 16.4. The van der Waals surface area contributed by atoms with Crippen molar-refractivity contribution < 1.29 is 0 Å². The van der Waals surface area contributed by atoms with Crippen LogP contribution in [0, 0.1) is 0 Å². The Morgan fingerprint density at radius 3 is 2.11 bits per heavy atom. The number of amidine groups is 2. The lowest BCUT2D eigenvalue weighted by molar-refractivity contribution is 0.741. The van der Waals surface area contributed by atoms with Crippen LogP contribution < -0.4 is 5.73 Å². The van der Waals surface area contributed by atoms with Gasteiger partial charge in [-0.1, -0.05) is 170 Å². The van der Waals surface area contributed by atoms with Gasteiger partial charge < -0.3 is 5.73 Å². The minimum Gasteiger partial charge on any atom is -0.383 e. The van der Waals surface area contributed by atoms with Crippen molar-refractivity contribution in [1.29, 1.82) is 0 Å². The van der Waals surface area contributed by atoms with Gasteiger partial charge in [0.25, 0.3) is 0 Å². The SMILES string of the molecule is CC(N=C(N=C(N)c1cccc(-c2ccc(-c3c(-c4ccccc4)n4ncc(C5=CC=CCC5)c4c4ccccc34)cc2)c1)c1ccccc1)c1cccc(C2=CCCCC2)c1. The molecule has 62 heavy (non-hydrogen) atoms. The lowest BCUT2D eigenvalue weighted by atomic mass is 9.90. The fraction of sp³-hybridized carbons (Fsp3) is 0.140. The molecule has 2 aliphatic rings. The lowest BCUT2D eigenvalue weighted by Gasteiger charge is -2.18. The summed E-state index contributed by atoms with van der Waals surface area (Å²) in [6.07, 6.45) is 17.9. The summed E-state index contributed by atoms with van der Waals surface area (Å²) in [6.45, 7) is 2.14. The Bertz CT molecular complexity index is 3070. The molecule has 2 aliphatic carbocycles. The van der Waals surface area contributed by atoms with Gasteiger partial charge >= 0.3 is 0 Å². The molecule has 0 spiro atoms. The van der Waals surface area contributed by atoms with Gasteiger partial charge in [-0.2, -0.15) is 5.10 Å². The second kappa shape index (κ2) is 17.3. The van der Waals surface area contributed by atoms with Gasteiger partial charge in [-0.25, -0.2) is 9.51 Å². The average molecular weight is 804 g/mol. The molecule has 2 aromatic heterocycles. The van der Waals surface area contributed by atoms with E-state index in [2.05, 4.69) is 163 Å². The third-order valence-corrected chi connectivity index (χ3v) is 12.3. The van der Waals surface area contributed by atoms with Gasteiger partial charge in [-0.3, -0.25) is 4.99 Å². The monoisotopic (exact) mass is 803 g/mol. The smallest absolute Gasteiger partial charge is 0.157 e. The second-order valence-electron chi connectivity index (χ2n) is 16.4. The van der Waals surface area contributed by atoms with Crippen LogP contribution in [0.1, 0.15) is 79.3 Å². The van der Waals surface area contributed by atoms with Crippen molar-refractivity contribution in [2.24, 2.45) is 15.7 Å². The molecule has 302 valence electrons. The summed E-state index contributed by atoms with van der Waals surface area (Å²) in [5.41, 5.74) is 22.8. The van der Waals surface area contributed by atoms with E-state index in [0.29, 0.717) is 11.7 Å². The van der Waals surface area contributed by atoms with Gasteiger partial charge in [0.2, 0.25) is 0 Å². The number of allylic oxidation sites excluding steroid dienone is 6. The van der Waals surface area contributed by atoms with Crippen molar-refractivity contribution in [1.82, 2.24) is 9.61 Å². The largest absolute Gasteiger partial charge is 0.383 e. The first kappa shape index (κ1) is 38.8. The summed E-state index contributed by atoms with van der Waals surface area (Å²) < 4.78 is 2.17. The van der Waals surface area contributed by atoms with E-state index < -0.39 is 0 Å². The van der Waals surface area contributed by atoms with E-state index in [1.165, 1.54) is 45.9 Å². The summed E-state index contributed by atoms with van der Waals surface area (Å²) in [6, 6.07) is 55.5. The van der Waals surface area contributed by atoms with Gasteiger partial charge in [0.05, 0.1) is 23.4 Å². The molecule has 0 radical (unpaired) electrons. The highest BCUT2D eigenvalue weighted by atomic mass is 15.2. The van der Waals surface area contributed by atoms with Crippen LogP contribution in [0.4, 0.5) is 0 Å². The molecule has 5 nitrogen and oxygen atoms in total. The summed E-state index contributed by atoms with van der Waals surface area (Å²) in [4.78, 5) is 10.2. The van der Waals surface area contributed by atoms with Crippen LogP contribution in [0.3, 0.4) is 0 Å². The maximum atomic E-state index is 6.88. The van der Waals surface area contributed by atoms with Gasteiger partial charge in [0.1, 0.15) is 5.84 Å². The highest BCUT2D eigenvalue weighted by molar-refractivity contribution is 6.13. The van der Waals surface area contributed by atoms with Gasteiger partial charge in [0.15, 0.2) is 5.84 Å². The van der Waals surface area contributed by atoms with Crippen molar-refractivity contribution in [2.45, 2.75) is 51.5 Å². The Kier molecular flexibility index (Phi) is 10.8. The van der Waals surface area contributed by atoms with Gasteiger partial charge in [-0.15, -0.1) is 0 Å². The van der Waals surface area contributed by atoms with Crippen LogP contribution >= 0.6 is 0 Å². The molecule has 8 aromatic rings. The Balaban J connectivity index is 1.01. The molecule has 0 aliphatic heterocycles.